The standard InChI is InChI=1S/C18H18N6O3/c1-26-15-9-8-13(10-16(15)27-2)11-19-20-17(25)12-24-22-18(21-23-24)14-6-4-3-5-7-14/h3-11H,12H2,1-2H3,(H,20,25)/b19-11-. The maximum atomic E-state index is 12.0. The third-order valence-electron chi connectivity index (χ3n) is 3.58. The highest BCUT2D eigenvalue weighted by atomic mass is 16.5. The second-order valence-corrected chi connectivity index (χ2v) is 5.42. The van der Waals surface area contributed by atoms with Gasteiger partial charge in [0.05, 0.1) is 20.4 Å². The summed E-state index contributed by atoms with van der Waals surface area (Å²) in [5.41, 5.74) is 4.00. The fourth-order valence-corrected chi connectivity index (χ4v) is 2.29. The highest BCUT2D eigenvalue weighted by Crippen LogP contribution is 2.26. The van der Waals surface area contributed by atoms with Crippen LogP contribution in [0.2, 0.25) is 0 Å². The van der Waals surface area contributed by atoms with Gasteiger partial charge in [0.15, 0.2) is 11.5 Å². The molecule has 0 aliphatic rings. The molecule has 1 amide bonds. The number of nitrogens with one attached hydrogen (secondary N) is 1. The fraction of sp³-hybridized carbons (Fsp3) is 0.167. The summed E-state index contributed by atoms with van der Waals surface area (Å²) in [6, 6.07) is 14.7. The van der Waals surface area contributed by atoms with E-state index < -0.39 is 0 Å². The van der Waals surface area contributed by atoms with Crippen molar-refractivity contribution in [3.63, 3.8) is 0 Å². The van der Waals surface area contributed by atoms with Crippen LogP contribution < -0.4 is 14.9 Å². The van der Waals surface area contributed by atoms with E-state index in [9.17, 15) is 4.79 Å². The molecule has 1 heterocycles. The van der Waals surface area contributed by atoms with Crippen LogP contribution in [0, 0.1) is 0 Å². The number of carbonyl (C=O) groups excluding carboxylic acids is 1. The number of amides is 1. The fourth-order valence-electron chi connectivity index (χ4n) is 2.29. The van der Waals surface area contributed by atoms with E-state index in [0.29, 0.717) is 17.3 Å². The zero-order valence-electron chi connectivity index (χ0n) is 14.9. The first kappa shape index (κ1) is 18.1. The van der Waals surface area contributed by atoms with Crippen molar-refractivity contribution >= 4 is 12.1 Å². The van der Waals surface area contributed by atoms with Crippen LogP contribution in [0.15, 0.2) is 53.6 Å². The van der Waals surface area contributed by atoms with Crippen molar-refractivity contribution in [2.24, 2.45) is 5.10 Å². The molecule has 3 aromatic rings. The monoisotopic (exact) mass is 366 g/mol. The van der Waals surface area contributed by atoms with E-state index in [1.54, 1.807) is 32.4 Å². The third kappa shape index (κ3) is 4.66. The van der Waals surface area contributed by atoms with Gasteiger partial charge in [0.1, 0.15) is 6.54 Å². The molecule has 0 radical (unpaired) electrons. The van der Waals surface area contributed by atoms with E-state index in [1.807, 2.05) is 30.3 Å². The van der Waals surface area contributed by atoms with Gasteiger partial charge in [-0.1, -0.05) is 30.3 Å². The Labute approximate surface area is 155 Å². The first-order valence-electron chi connectivity index (χ1n) is 8.07. The molecule has 0 aliphatic carbocycles. The third-order valence-corrected chi connectivity index (χ3v) is 3.58. The lowest BCUT2D eigenvalue weighted by atomic mass is 10.2. The minimum Gasteiger partial charge on any atom is -0.493 e. The molecule has 0 saturated heterocycles. The van der Waals surface area contributed by atoms with Crippen LogP contribution in [-0.2, 0) is 11.3 Å². The largest absolute Gasteiger partial charge is 0.493 e. The van der Waals surface area contributed by atoms with Gasteiger partial charge < -0.3 is 9.47 Å². The average Bonchev–Trinajstić information content (AvgIpc) is 3.17. The van der Waals surface area contributed by atoms with E-state index in [-0.39, 0.29) is 12.5 Å². The molecule has 0 aliphatic heterocycles. The maximum Gasteiger partial charge on any atom is 0.263 e. The summed E-state index contributed by atoms with van der Waals surface area (Å²) in [4.78, 5) is 13.2. The minimum atomic E-state index is -0.372. The summed E-state index contributed by atoms with van der Waals surface area (Å²) in [5, 5.41) is 15.9. The van der Waals surface area contributed by atoms with E-state index in [2.05, 4.69) is 25.9 Å². The first-order chi connectivity index (χ1) is 13.2. The first-order valence-corrected chi connectivity index (χ1v) is 8.07. The van der Waals surface area contributed by atoms with Gasteiger partial charge in [0.25, 0.3) is 5.91 Å². The van der Waals surface area contributed by atoms with Crippen LogP contribution >= 0.6 is 0 Å². The summed E-state index contributed by atoms with van der Waals surface area (Å²) < 4.78 is 10.4. The van der Waals surface area contributed by atoms with Crippen molar-refractivity contribution in [2.45, 2.75) is 6.54 Å². The van der Waals surface area contributed by atoms with Gasteiger partial charge in [0, 0.05) is 5.56 Å². The highest BCUT2D eigenvalue weighted by molar-refractivity contribution is 5.83. The van der Waals surface area contributed by atoms with E-state index in [0.717, 1.165) is 11.1 Å². The number of tetrazole rings is 1. The molecule has 1 aromatic heterocycles. The zero-order chi connectivity index (χ0) is 19.1. The van der Waals surface area contributed by atoms with E-state index in [4.69, 9.17) is 9.47 Å². The molecule has 1 N–H and O–H groups in total. The Morgan fingerprint density at radius 2 is 1.93 bits per heavy atom. The number of rotatable bonds is 7. The molecule has 0 spiro atoms. The molecule has 0 saturated carbocycles. The number of hydrazone groups is 1. The van der Waals surface area contributed by atoms with E-state index >= 15 is 0 Å². The van der Waals surface area contributed by atoms with Crippen LogP contribution in [0.1, 0.15) is 5.56 Å². The molecule has 3 rings (SSSR count). The molecule has 138 valence electrons. The number of aromatic nitrogens is 4. The van der Waals surface area contributed by atoms with Gasteiger partial charge in [-0.3, -0.25) is 4.79 Å². The summed E-state index contributed by atoms with van der Waals surface area (Å²) in [5.74, 6) is 1.28. The van der Waals surface area contributed by atoms with Crippen molar-refractivity contribution in [2.75, 3.05) is 14.2 Å². The van der Waals surface area contributed by atoms with Crippen molar-refractivity contribution in [3.8, 4) is 22.9 Å². The lowest BCUT2D eigenvalue weighted by Crippen LogP contribution is -2.24. The number of carbonyl (C=O) groups is 1. The molecule has 0 bridgehead atoms. The van der Waals surface area contributed by atoms with Gasteiger partial charge in [-0.15, -0.1) is 10.2 Å². The Balaban J connectivity index is 1.57. The van der Waals surface area contributed by atoms with Crippen LogP contribution in [0.4, 0.5) is 0 Å². The summed E-state index contributed by atoms with van der Waals surface area (Å²) >= 11 is 0. The predicted octanol–water partition coefficient (Wildman–Crippen LogP) is 1.51. The van der Waals surface area contributed by atoms with Gasteiger partial charge in [-0.2, -0.15) is 9.90 Å². The Morgan fingerprint density at radius 1 is 1.15 bits per heavy atom. The van der Waals surface area contributed by atoms with Crippen LogP contribution in [0.3, 0.4) is 0 Å². The minimum absolute atomic E-state index is 0.0941. The lowest BCUT2D eigenvalue weighted by Gasteiger charge is -2.07. The normalized spacial score (nSPS) is 10.7. The predicted molar refractivity (Wildman–Crippen MR) is 98.5 cm³/mol. The molecule has 9 nitrogen and oxygen atoms in total. The second kappa shape index (κ2) is 8.56. The molecule has 0 unspecified atom stereocenters. The molecule has 27 heavy (non-hydrogen) atoms. The molecule has 0 fully saturated rings. The summed E-state index contributed by atoms with van der Waals surface area (Å²) in [6.07, 6.45) is 1.50. The molecular weight excluding hydrogens is 348 g/mol. The van der Waals surface area contributed by atoms with Crippen LogP contribution in [0.5, 0.6) is 11.5 Å². The number of benzene rings is 2. The molecule has 0 atom stereocenters. The summed E-state index contributed by atoms with van der Waals surface area (Å²) in [6.45, 7) is -0.0941. The van der Waals surface area contributed by atoms with Crippen molar-refractivity contribution < 1.29 is 14.3 Å². The van der Waals surface area contributed by atoms with Crippen molar-refractivity contribution in [1.29, 1.82) is 0 Å². The summed E-state index contributed by atoms with van der Waals surface area (Å²) in [7, 11) is 3.11. The van der Waals surface area contributed by atoms with Crippen LogP contribution in [0.25, 0.3) is 11.4 Å². The molecular formula is C18H18N6O3. The SMILES string of the molecule is COc1ccc(/C=N\NC(=O)Cn2nnc(-c3ccccc3)n2)cc1OC. The number of hydrogen-bond acceptors (Lipinski definition) is 7. The van der Waals surface area contributed by atoms with Crippen LogP contribution in [-0.4, -0.2) is 46.5 Å². The van der Waals surface area contributed by atoms with Gasteiger partial charge in [0.2, 0.25) is 5.82 Å². The lowest BCUT2D eigenvalue weighted by molar-refractivity contribution is -0.122. The average molecular weight is 366 g/mol. The zero-order valence-corrected chi connectivity index (χ0v) is 14.9. The number of hydrogen-bond donors (Lipinski definition) is 1. The topological polar surface area (TPSA) is 104 Å². The quantitative estimate of drug-likeness (QED) is 0.502. The van der Waals surface area contributed by atoms with Gasteiger partial charge in [-0.25, -0.2) is 5.43 Å². The molecule has 2 aromatic carbocycles. The Kier molecular flexibility index (Phi) is 5.73. The smallest absolute Gasteiger partial charge is 0.263 e. The Morgan fingerprint density at radius 3 is 2.67 bits per heavy atom. The molecule has 9 heteroatoms. The highest BCUT2D eigenvalue weighted by Gasteiger charge is 2.08. The number of methoxy groups -OCH3 is 2. The second-order valence-electron chi connectivity index (χ2n) is 5.42. The Hall–Kier alpha value is -3.75. The van der Waals surface area contributed by atoms with Gasteiger partial charge in [-0.05, 0) is 29.0 Å². The van der Waals surface area contributed by atoms with Crippen molar-refractivity contribution in [1.82, 2.24) is 25.6 Å². The van der Waals surface area contributed by atoms with E-state index in [1.165, 1.54) is 11.0 Å². The Bertz CT molecular complexity index is 939. The maximum absolute atomic E-state index is 12.0. The van der Waals surface area contributed by atoms with Crippen molar-refractivity contribution in [3.05, 3.63) is 54.1 Å². The number of nitrogens with zero attached hydrogens (tertiary/aromatic N) is 5. The van der Waals surface area contributed by atoms with Gasteiger partial charge >= 0.3 is 0 Å². The number of ether oxygens (including phenoxy) is 2.